The second-order valence-electron chi connectivity index (χ2n) is 3.28. The molecule has 1 saturated heterocycles. The Labute approximate surface area is 77.7 Å². The van der Waals surface area contributed by atoms with Gasteiger partial charge in [0, 0.05) is 19.1 Å². The fraction of sp³-hybridized carbons (Fsp3) is 0.875. The quantitative estimate of drug-likeness (QED) is 0.524. The lowest BCUT2D eigenvalue weighted by Gasteiger charge is -2.24. The summed E-state index contributed by atoms with van der Waals surface area (Å²) in [7, 11) is 3.16. The summed E-state index contributed by atoms with van der Waals surface area (Å²) < 4.78 is 4.53. The van der Waals surface area contributed by atoms with Crippen LogP contribution in [-0.2, 0) is 9.53 Å². The summed E-state index contributed by atoms with van der Waals surface area (Å²) in [5, 5.41) is 12.5. The van der Waals surface area contributed by atoms with E-state index < -0.39 is 6.10 Å². The SMILES string of the molecule is COC(=O)CN(C)[C@@H]1CNC[C@H]1O. The Morgan fingerprint density at radius 3 is 2.85 bits per heavy atom. The first kappa shape index (κ1) is 10.4. The zero-order valence-electron chi connectivity index (χ0n) is 7.99. The third-order valence-electron chi connectivity index (χ3n) is 2.32. The maximum atomic E-state index is 10.9. The Hall–Kier alpha value is -0.650. The molecule has 0 radical (unpaired) electrons. The van der Waals surface area contributed by atoms with Crippen LogP contribution in [0.25, 0.3) is 0 Å². The largest absolute Gasteiger partial charge is 0.468 e. The van der Waals surface area contributed by atoms with E-state index in [0.717, 1.165) is 0 Å². The van der Waals surface area contributed by atoms with Gasteiger partial charge in [-0.15, -0.1) is 0 Å². The maximum Gasteiger partial charge on any atom is 0.319 e. The van der Waals surface area contributed by atoms with Gasteiger partial charge in [0.25, 0.3) is 0 Å². The molecule has 0 aliphatic carbocycles. The highest BCUT2D eigenvalue weighted by Gasteiger charge is 2.29. The van der Waals surface area contributed by atoms with Gasteiger partial charge >= 0.3 is 5.97 Å². The Balaban J connectivity index is 2.38. The predicted molar refractivity (Wildman–Crippen MR) is 47.3 cm³/mol. The molecule has 0 aromatic heterocycles. The lowest BCUT2D eigenvalue weighted by Crippen LogP contribution is -2.43. The molecule has 0 amide bonds. The summed E-state index contributed by atoms with van der Waals surface area (Å²) >= 11 is 0. The molecule has 2 atom stereocenters. The summed E-state index contributed by atoms with van der Waals surface area (Å²) in [6, 6.07) is 0.0131. The molecule has 0 bridgehead atoms. The van der Waals surface area contributed by atoms with Crippen LogP contribution in [0.5, 0.6) is 0 Å². The van der Waals surface area contributed by atoms with Crippen LogP contribution < -0.4 is 5.32 Å². The van der Waals surface area contributed by atoms with Gasteiger partial charge in [-0.2, -0.15) is 0 Å². The second-order valence-corrected chi connectivity index (χ2v) is 3.28. The lowest BCUT2D eigenvalue weighted by molar-refractivity contribution is -0.142. The molecule has 13 heavy (non-hydrogen) atoms. The van der Waals surface area contributed by atoms with E-state index in [1.807, 2.05) is 0 Å². The molecule has 5 heteroatoms. The summed E-state index contributed by atoms with van der Waals surface area (Å²) in [5.41, 5.74) is 0. The number of ether oxygens (including phenoxy) is 1. The number of likely N-dealkylation sites (N-methyl/N-ethyl adjacent to an activating group) is 1. The zero-order valence-corrected chi connectivity index (χ0v) is 7.99. The predicted octanol–water partition coefficient (Wildman–Crippen LogP) is -1.58. The summed E-state index contributed by atoms with van der Waals surface area (Å²) in [6.07, 6.45) is -0.394. The van der Waals surface area contributed by atoms with Crippen LogP contribution in [0.2, 0.25) is 0 Å². The number of hydrogen-bond acceptors (Lipinski definition) is 5. The van der Waals surface area contributed by atoms with Crippen molar-refractivity contribution in [1.82, 2.24) is 10.2 Å². The molecule has 2 N–H and O–H groups in total. The molecule has 5 nitrogen and oxygen atoms in total. The number of aliphatic hydroxyl groups excluding tert-OH is 1. The molecule has 1 rings (SSSR count). The van der Waals surface area contributed by atoms with Gasteiger partial charge in [-0.3, -0.25) is 9.69 Å². The van der Waals surface area contributed by atoms with Gasteiger partial charge in [0.1, 0.15) is 0 Å². The molecule has 0 spiro atoms. The highest BCUT2D eigenvalue weighted by atomic mass is 16.5. The van der Waals surface area contributed by atoms with Gasteiger partial charge in [-0.1, -0.05) is 0 Å². The minimum atomic E-state index is -0.394. The van der Waals surface area contributed by atoms with Crippen molar-refractivity contribution in [3.8, 4) is 0 Å². The van der Waals surface area contributed by atoms with Crippen molar-refractivity contribution in [2.75, 3.05) is 33.8 Å². The molecule has 0 aromatic rings. The molecule has 0 unspecified atom stereocenters. The number of methoxy groups -OCH3 is 1. The van der Waals surface area contributed by atoms with E-state index in [2.05, 4.69) is 10.1 Å². The first-order chi connectivity index (χ1) is 6.15. The van der Waals surface area contributed by atoms with Crippen LogP contribution in [0.1, 0.15) is 0 Å². The van der Waals surface area contributed by atoms with E-state index in [-0.39, 0.29) is 18.6 Å². The van der Waals surface area contributed by atoms with E-state index >= 15 is 0 Å². The number of rotatable bonds is 3. The van der Waals surface area contributed by atoms with Crippen molar-refractivity contribution in [2.24, 2.45) is 0 Å². The summed E-state index contributed by atoms with van der Waals surface area (Å²) in [6.45, 7) is 1.53. The van der Waals surface area contributed by atoms with E-state index in [0.29, 0.717) is 13.1 Å². The van der Waals surface area contributed by atoms with E-state index in [1.54, 1.807) is 11.9 Å². The smallest absolute Gasteiger partial charge is 0.319 e. The third kappa shape index (κ3) is 2.65. The Bertz CT molecular complexity index is 186. The van der Waals surface area contributed by atoms with Crippen LogP contribution in [0.15, 0.2) is 0 Å². The van der Waals surface area contributed by atoms with Crippen molar-refractivity contribution in [1.29, 1.82) is 0 Å². The normalized spacial score (nSPS) is 28.0. The average Bonchev–Trinajstić information content (AvgIpc) is 2.51. The van der Waals surface area contributed by atoms with Crippen LogP contribution in [0, 0.1) is 0 Å². The maximum absolute atomic E-state index is 10.9. The standard InChI is InChI=1S/C8H16N2O3/c1-10(5-8(12)13-2)6-3-9-4-7(6)11/h6-7,9,11H,3-5H2,1-2H3/t6-,7-/m1/s1. The first-order valence-electron chi connectivity index (χ1n) is 4.31. The van der Waals surface area contributed by atoms with Crippen molar-refractivity contribution in [2.45, 2.75) is 12.1 Å². The van der Waals surface area contributed by atoms with E-state index in [4.69, 9.17) is 0 Å². The average molecular weight is 188 g/mol. The number of carbonyl (C=O) groups is 1. The minimum absolute atomic E-state index is 0.0131. The van der Waals surface area contributed by atoms with Gasteiger partial charge in [-0.25, -0.2) is 0 Å². The highest BCUT2D eigenvalue weighted by Crippen LogP contribution is 2.06. The zero-order chi connectivity index (χ0) is 9.84. The molecule has 1 aliphatic rings. The Kier molecular flexibility index (Phi) is 3.65. The number of nitrogens with zero attached hydrogens (tertiary/aromatic N) is 1. The molecule has 76 valence electrons. The number of nitrogens with one attached hydrogen (secondary N) is 1. The molecular weight excluding hydrogens is 172 g/mol. The number of carbonyl (C=O) groups excluding carboxylic acids is 1. The fourth-order valence-corrected chi connectivity index (χ4v) is 1.49. The molecule has 1 fully saturated rings. The number of β-amino-alcohol motifs (C(OH)–C–C–N with tert-alkyl or cyclic N) is 1. The monoisotopic (exact) mass is 188 g/mol. The van der Waals surface area contributed by atoms with Crippen LogP contribution in [0.3, 0.4) is 0 Å². The van der Waals surface area contributed by atoms with Crippen LogP contribution >= 0.6 is 0 Å². The molecular formula is C8H16N2O3. The van der Waals surface area contributed by atoms with E-state index in [9.17, 15) is 9.90 Å². The molecule has 0 aromatic carbocycles. The van der Waals surface area contributed by atoms with Crippen molar-refractivity contribution >= 4 is 5.97 Å². The van der Waals surface area contributed by atoms with Crippen LogP contribution in [0.4, 0.5) is 0 Å². The van der Waals surface area contributed by atoms with Crippen molar-refractivity contribution in [3.63, 3.8) is 0 Å². The Morgan fingerprint density at radius 1 is 1.69 bits per heavy atom. The van der Waals surface area contributed by atoms with Gasteiger partial charge in [-0.05, 0) is 7.05 Å². The molecule has 0 saturated carbocycles. The number of hydrogen-bond donors (Lipinski definition) is 2. The van der Waals surface area contributed by atoms with Crippen molar-refractivity contribution in [3.05, 3.63) is 0 Å². The summed E-state index contributed by atoms with van der Waals surface area (Å²) in [4.78, 5) is 12.7. The summed E-state index contributed by atoms with van der Waals surface area (Å²) in [5.74, 6) is -0.276. The Morgan fingerprint density at radius 2 is 2.38 bits per heavy atom. The van der Waals surface area contributed by atoms with E-state index in [1.165, 1.54) is 7.11 Å². The van der Waals surface area contributed by atoms with Gasteiger partial charge in [0.2, 0.25) is 0 Å². The van der Waals surface area contributed by atoms with Gasteiger partial charge < -0.3 is 15.2 Å². The van der Waals surface area contributed by atoms with Crippen LogP contribution in [-0.4, -0.2) is 61.9 Å². The molecule has 1 heterocycles. The van der Waals surface area contributed by atoms with Crippen molar-refractivity contribution < 1.29 is 14.6 Å². The minimum Gasteiger partial charge on any atom is -0.468 e. The lowest BCUT2D eigenvalue weighted by atomic mass is 10.2. The number of esters is 1. The van der Waals surface area contributed by atoms with Gasteiger partial charge in [0.05, 0.1) is 19.8 Å². The fourth-order valence-electron chi connectivity index (χ4n) is 1.49. The van der Waals surface area contributed by atoms with Gasteiger partial charge in [0.15, 0.2) is 0 Å². The molecule has 1 aliphatic heterocycles. The topological polar surface area (TPSA) is 61.8 Å². The number of aliphatic hydroxyl groups is 1. The third-order valence-corrected chi connectivity index (χ3v) is 2.32. The second kappa shape index (κ2) is 4.55. The highest BCUT2D eigenvalue weighted by molar-refractivity contribution is 5.71. The first-order valence-corrected chi connectivity index (χ1v) is 4.31.